The molecule has 1 heterocycles. The third kappa shape index (κ3) is 6.58. The van der Waals surface area contributed by atoms with Crippen LogP contribution in [0.25, 0.3) is 0 Å². The first-order valence-electron chi connectivity index (χ1n) is 12.8. The van der Waals surface area contributed by atoms with Crippen molar-refractivity contribution in [3.05, 3.63) is 53.1 Å². The number of benzene rings is 3. The number of carbonyl (C=O) groups excluding carboxylic acids is 3. The number of hydrogen-bond acceptors (Lipinski definition) is 17. The van der Waals surface area contributed by atoms with E-state index >= 15 is 0 Å². The van der Waals surface area contributed by atoms with Crippen LogP contribution in [0.1, 0.15) is 38.0 Å². The summed E-state index contributed by atoms with van der Waals surface area (Å²) in [6.07, 6.45) is -6.81. The van der Waals surface area contributed by atoms with Gasteiger partial charge in [0.05, 0.1) is 16.7 Å². The molecule has 45 heavy (non-hydrogen) atoms. The standard InChI is InChI=1S/C28H26O17/c1-9-19(8-42-25(39)10-2-13(29)20(35)14(30)3-10)43-28(45-27(41)12-6-17(33)22(37)18(34)7-12)23(38)24(9)44-26(40)11-4-15(31)21(36)16(32)5-11/h2-7,9,19,23-24,28-38H,8H2,1H3/t9-,19-,23-,24+,28+/m1/s1. The van der Waals surface area contributed by atoms with Crippen molar-refractivity contribution in [3.63, 3.8) is 0 Å². The van der Waals surface area contributed by atoms with E-state index in [1.54, 1.807) is 0 Å². The minimum atomic E-state index is -1.96. The van der Waals surface area contributed by atoms with Gasteiger partial charge < -0.3 is 70.0 Å². The van der Waals surface area contributed by atoms with Crippen molar-refractivity contribution in [2.45, 2.75) is 31.5 Å². The molecular weight excluding hydrogens is 608 g/mol. The number of phenols is 9. The van der Waals surface area contributed by atoms with Gasteiger partial charge in [0.25, 0.3) is 0 Å². The molecule has 0 radical (unpaired) electrons. The second-order valence-electron chi connectivity index (χ2n) is 9.86. The third-order valence-electron chi connectivity index (χ3n) is 6.79. The van der Waals surface area contributed by atoms with E-state index in [0.29, 0.717) is 0 Å². The molecule has 0 aliphatic carbocycles. The summed E-state index contributed by atoms with van der Waals surface area (Å²) in [5.74, 6) is -12.6. The first kappa shape index (κ1) is 32.1. The average Bonchev–Trinajstić information content (AvgIpc) is 2.99. The molecule has 0 spiro atoms. The van der Waals surface area contributed by atoms with E-state index in [4.69, 9.17) is 18.9 Å². The summed E-state index contributed by atoms with van der Waals surface area (Å²) in [5, 5.41) is 98.0. The monoisotopic (exact) mass is 634 g/mol. The second kappa shape index (κ2) is 12.4. The molecule has 0 unspecified atom stereocenters. The minimum absolute atomic E-state index is 0.392. The molecule has 0 aromatic heterocycles. The van der Waals surface area contributed by atoms with Gasteiger partial charge in [-0.25, -0.2) is 14.4 Å². The Morgan fingerprint density at radius 3 is 1.38 bits per heavy atom. The molecule has 5 atom stereocenters. The Morgan fingerprint density at radius 2 is 0.978 bits per heavy atom. The van der Waals surface area contributed by atoms with Crippen molar-refractivity contribution in [2.75, 3.05) is 6.61 Å². The van der Waals surface area contributed by atoms with Crippen LogP contribution < -0.4 is 0 Å². The van der Waals surface area contributed by atoms with Crippen LogP contribution >= 0.6 is 0 Å². The second-order valence-corrected chi connectivity index (χ2v) is 9.86. The van der Waals surface area contributed by atoms with Crippen LogP contribution in [-0.2, 0) is 18.9 Å². The lowest BCUT2D eigenvalue weighted by Crippen LogP contribution is -2.57. The Hall–Kier alpha value is -5.81. The number of aliphatic hydroxyl groups is 1. The highest BCUT2D eigenvalue weighted by Gasteiger charge is 2.48. The van der Waals surface area contributed by atoms with Gasteiger partial charge in [0.2, 0.25) is 6.29 Å². The number of esters is 3. The van der Waals surface area contributed by atoms with Gasteiger partial charge in [-0.3, -0.25) is 0 Å². The summed E-state index contributed by atoms with van der Waals surface area (Å²) < 4.78 is 21.3. The van der Waals surface area contributed by atoms with Crippen molar-refractivity contribution in [3.8, 4) is 51.7 Å². The van der Waals surface area contributed by atoms with E-state index in [0.717, 1.165) is 36.4 Å². The predicted molar refractivity (Wildman–Crippen MR) is 143 cm³/mol. The summed E-state index contributed by atoms with van der Waals surface area (Å²) in [6.45, 7) is 0.719. The molecule has 1 aliphatic rings. The van der Waals surface area contributed by atoms with Crippen LogP contribution in [0.3, 0.4) is 0 Å². The highest BCUT2D eigenvalue weighted by molar-refractivity contribution is 5.92. The number of rotatable bonds is 7. The largest absolute Gasteiger partial charge is 0.504 e. The molecule has 1 aliphatic heterocycles. The zero-order chi connectivity index (χ0) is 33.3. The first-order valence-corrected chi connectivity index (χ1v) is 12.8. The molecule has 0 saturated carbocycles. The third-order valence-corrected chi connectivity index (χ3v) is 6.79. The quantitative estimate of drug-likeness (QED) is 0.0984. The van der Waals surface area contributed by atoms with E-state index in [1.807, 2.05) is 0 Å². The van der Waals surface area contributed by atoms with E-state index in [2.05, 4.69) is 0 Å². The number of aromatic hydroxyl groups is 9. The number of aliphatic hydroxyl groups excluding tert-OH is 1. The number of phenolic OH excluding ortho intramolecular Hbond substituents is 9. The highest BCUT2D eigenvalue weighted by Crippen LogP contribution is 2.39. The molecule has 17 nitrogen and oxygen atoms in total. The molecule has 4 rings (SSSR count). The average molecular weight is 634 g/mol. The lowest BCUT2D eigenvalue weighted by atomic mass is 9.90. The van der Waals surface area contributed by atoms with Gasteiger partial charge in [0.15, 0.2) is 57.8 Å². The molecule has 0 bridgehead atoms. The molecule has 0 amide bonds. The smallest absolute Gasteiger partial charge is 0.340 e. The Balaban J connectivity index is 1.59. The number of ether oxygens (including phenoxy) is 4. The van der Waals surface area contributed by atoms with Gasteiger partial charge in [-0.2, -0.15) is 0 Å². The van der Waals surface area contributed by atoms with Crippen LogP contribution in [0, 0.1) is 5.92 Å². The molecular formula is C28H26O17. The zero-order valence-electron chi connectivity index (χ0n) is 22.9. The van der Waals surface area contributed by atoms with Crippen molar-refractivity contribution >= 4 is 17.9 Å². The van der Waals surface area contributed by atoms with Crippen LogP contribution in [-0.4, -0.2) is 100 Å². The van der Waals surface area contributed by atoms with Gasteiger partial charge in [-0.05, 0) is 36.4 Å². The van der Waals surface area contributed by atoms with Crippen molar-refractivity contribution in [2.24, 2.45) is 5.92 Å². The summed E-state index contributed by atoms with van der Waals surface area (Å²) in [5.41, 5.74) is -1.36. The van der Waals surface area contributed by atoms with Gasteiger partial charge in [0, 0.05) is 5.92 Å². The Labute approximate surface area is 251 Å². The lowest BCUT2D eigenvalue weighted by Gasteiger charge is -2.42. The fraction of sp³-hybridized carbons (Fsp3) is 0.250. The summed E-state index contributed by atoms with van der Waals surface area (Å²) in [4.78, 5) is 38.3. The molecule has 1 saturated heterocycles. The molecule has 3 aromatic rings. The van der Waals surface area contributed by atoms with Gasteiger partial charge in [-0.15, -0.1) is 0 Å². The zero-order valence-corrected chi connectivity index (χ0v) is 22.9. The maximum Gasteiger partial charge on any atom is 0.340 e. The SMILES string of the molecule is C[C@H]1[C@H](OC(=O)c2cc(O)c(O)c(O)c2)[C@@H](O)[C@H](OC(=O)c2cc(O)c(O)c(O)c2)O[C@@H]1COC(=O)c1cc(O)c(O)c(O)c1. The fourth-order valence-corrected chi connectivity index (χ4v) is 4.29. The van der Waals surface area contributed by atoms with Crippen molar-refractivity contribution in [1.29, 1.82) is 0 Å². The Bertz CT molecular complexity index is 1580. The van der Waals surface area contributed by atoms with Crippen molar-refractivity contribution in [1.82, 2.24) is 0 Å². The van der Waals surface area contributed by atoms with Crippen LogP contribution in [0.15, 0.2) is 36.4 Å². The number of hydrogen-bond donors (Lipinski definition) is 10. The van der Waals surface area contributed by atoms with Crippen LogP contribution in [0.4, 0.5) is 0 Å². The summed E-state index contributed by atoms with van der Waals surface area (Å²) in [6, 6.07) is 4.59. The topological polar surface area (TPSA) is 290 Å². The highest BCUT2D eigenvalue weighted by atomic mass is 16.7. The summed E-state index contributed by atoms with van der Waals surface area (Å²) in [7, 11) is 0. The molecule has 10 N–H and O–H groups in total. The van der Waals surface area contributed by atoms with E-state index in [-0.39, 0.29) is 0 Å². The maximum atomic E-state index is 12.9. The lowest BCUT2D eigenvalue weighted by molar-refractivity contribution is -0.269. The van der Waals surface area contributed by atoms with E-state index in [9.17, 15) is 65.4 Å². The van der Waals surface area contributed by atoms with Gasteiger partial charge in [0.1, 0.15) is 18.8 Å². The summed E-state index contributed by atoms with van der Waals surface area (Å²) >= 11 is 0. The van der Waals surface area contributed by atoms with E-state index in [1.165, 1.54) is 6.92 Å². The maximum absolute atomic E-state index is 12.9. The molecule has 3 aromatic carbocycles. The van der Waals surface area contributed by atoms with Crippen LogP contribution in [0.2, 0.25) is 0 Å². The van der Waals surface area contributed by atoms with Crippen molar-refractivity contribution < 1.29 is 84.4 Å². The van der Waals surface area contributed by atoms with Crippen LogP contribution in [0.5, 0.6) is 51.7 Å². The minimum Gasteiger partial charge on any atom is -0.504 e. The molecule has 1 fully saturated rings. The molecule has 240 valence electrons. The Morgan fingerprint density at radius 1 is 0.622 bits per heavy atom. The molecule has 17 heteroatoms. The predicted octanol–water partition coefficient (Wildman–Crippen LogP) is 0.998. The van der Waals surface area contributed by atoms with E-state index < -0.39 is 123 Å². The van der Waals surface area contributed by atoms with Gasteiger partial charge >= 0.3 is 17.9 Å². The fourth-order valence-electron chi connectivity index (χ4n) is 4.29. The number of carbonyl (C=O) groups is 3. The normalized spacial score (nSPS) is 21.1. The Kier molecular flexibility index (Phi) is 8.87. The van der Waals surface area contributed by atoms with Gasteiger partial charge in [-0.1, -0.05) is 6.92 Å². The first-order chi connectivity index (χ1) is 21.1.